The molecule has 4 rings (SSSR count). The highest BCUT2D eigenvalue weighted by molar-refractivity contribution is 7.09. The second-order valence-electron chi connectivity index (χ2n) is 7.13. The van der Waals surface area contributed by atoms with Gasteiger partial charge in [0.1, 0.15) is 5.82 Å². The van der Waals surface area contributed by atoms with E-state index in [0.717, 1.165) is 53.0 Å². The van der Waals surface area contributed by atoms with E-state index in [0.29, 0.717) is 13.0 Å². The predicted molar refractivity (Wildman–Crippen MR) is 115 cm³/mol. The number of nitrogens with zero attached hydrogens (tertiary/aromatic N) is 4. The molecule has 1 amide bonds. The van der Waals surface area contributed by atoms with E-state index in [9.17, 15) is 4.79 Å². The number of aromatic nitrogens is 3. The van der Waals surface area contributed by atoms with E-state index < -0.39 is 0 Å². The SMILES string of the molecule is O=C(NCc1ccncc1)C1CCN(c2nc(Cc3ccc(Cl)cc3)ns2)CC1. The molecular formula is C21H22ClN5OS. The lowest BCUT2D eigenvalue weighted by Crippen LogP contribution is -2.40. The molecule has 0 saturated carbocycles. The number of anilines is 1. The molecule has 3 heterocycles. The summed E-state index contributed by atoms with van der Waals surface area (Å²) in [7, 11) is 0. The van der Waals surface area contributed by atoms with Crippen molar-refractivity contribution < 1.29 is 4.79 Å². The van der Waals surface area contributed by atoms with Gasteiger partial charge in [0.25, 0.3) is 0 Å². The first-order chi connectivity index (χ1) is 14.2. The Morgan fingerprint density at radius 3 is 2.55 bits per heavy atom. The van der Waals surface area contributed by atoms with Gasteiger partial charge in [-0.3, -0.25) is 9.78 Å². The fourth-order valence-corrected chi connectivity index (χ4v) is 4.26. The van der Waals surface area contributed by atoms with Crippen molar-refractivity contribution in [2.24, 2.45) is 5.92 Å². The highest BCUT2D eigenvalue weighted by atomic mass is 35.5. The lowest BCUT2D eigenvalue weighted by molar-refractivity contribution is -0.125. The Bertz CT molecular complexity index is 939. The molecule has 150 valence electrons. The molecule has 3 aromatic rings. The Morgan fingerprint density at radius 2 is 1.83 bits per heavy atom. The number of carbonyl (C=O) groups is 1. The molecule has 29 heavy (non-hydrogen) atoms. The number of amides is 1. The molecule has 1 aliphatic heterocycles. The number of pyridine rings is 1. The van der Waals surface area contributed by atoms with Crippen LogP contribution < -0.4 is 10.2 Å². The molecular weight excluding hydrogens is 406 g/mol. The summed E-state index contributed by atoms with van der Waals surface area (Å²) < 4.78 is 4.50. The molecule has 1 aliphatic rings. The third kappa shape index (κ3) is 5.31. The first-order valence-corrected chi connectivity index (χ1v) is 10.8. The number of piperidine rings is 1. The first-order valence-electron chi connectivity index (χ1n) is 9.66. The largest absolute Gasteiger partial charge is 0.352 e. The van der Waals surface area contributed by atoms with Crippen LogP contribution in [0.2, 0.25) is 5.02 Å². The van der Waals surface area contributed by atoms with E-state index in [1.807, 2.05) is 36.4 Å². The lowest BCUT2D eigenvalue weighted by atomic mass is 9.96. The van der Waals surface area contributed by atoms with Crippen molar-refractivity contribution in [1.29, 1.82) is 0 Å². The van der Waals surface area contributed by atoms with Gasteiger partial charge in [-0.25, -0.2) is 4.98 Å². The Balaban J connectivity index is 1.26. The van der Waals surface area contributed by atoms with Crippen molar-refractivity contribution in [3.8, 4) is 0 Å². The van der Waals surface area contributed by atoms with Crippen molar-refractivity contribution in [2.45, 2.75) is 25.8 Å². The van der Waals surface area contributed by atoms with Gasteiger partial charge in [0.2, 0.25) is 11.0 Å². The summed E-state index contributed by atoms with van der Waals surface area (Å²) >= 11 is 7.37. The van der Waals surface area contributed by atoms with Crippen LogP contribution in [-0.2, 0) is 17.8 Å². The zero-order chi connectivity index (χ0) is 20.1. The minimum absolute atomic E-state index is 0.0505. The van der Waals surface area contributed by atoms with Crippen LogP contribution >= 0.6 is 23.1 Å². The molecule has 1 aromatic carbocycles. The van der Waals surface area contributed by atoms with Crippen molar-refractivity contribution >= 4 is 34.2 Å². The number of benzene rings is 1. The average Bonchev–Trinajstić information content (AvgIpc) is 3.23. The highest BCUT2D eigenvalue weighted by Gasteiger charge is 2.26. The molecule has 0 radical (unpaired) electrons. The standard InChI is InChI=1S/C21H22ClN5OS/c22-18-3-1-15(2-4-18)13-19-25-21(29-26-19)27-11-7-17(8-12-27)20(28)24-14-16-5-9-23-10-6-16/h1-6,9-10,17H,7-8,11-14H2,(H,24,28). The molecule has 0 unspecified atom stereocenters. The van der Waals surface area contributed by atoms with Crippen LogP contribution in [0.15, 0.2) is 48.8 Å². The van der Waals surface area contributed by atoms with Crippen molar-refractivity contribution in [2.75, 3.05) is 18.0 Å². The summed E-state index contributed by atoms with van der Waals surface area (Å²) in [5, 5.41) is 4.70. The van der Waals surface area contributed by atoms with Crippen molar-refractivity contribution in [1.82, 2.24) is 19.7 Å². The topological polar surface area (TPSA) is 71.0 Å². The van der Waals surface area contributed by atoms with Gasteiger partial charge in [0.05, 0.1) is 0 Å². The van der Waals surface area contributed by atoms with Gasteiger partial charge in [-0.15, -0.1) is 0 Å². The van der Waals surface area contributed by atoms with Gasteiger partial charge in [-0.05, 0) is 48.2 Å². The molecule has 6 nitrogen and oxygen atoms in total. The van der Waals surface area contributed by atoms with Gasteiger partial charge in [0, 0.05) is 60.9 Å². The summed E-state index contributed by atoms with van der Waals surface area (Å²) in [6, 6.07) is 11.6. The molecule has 0 aliphatic carbocycles. The van der Waals surface area contributed by atoms with Gasteiger partial charge in [-0.2, -0.15) is 4.37 Å². The van der Waals surface area contributed by atoms with E-state index in [1.165, 1.54) is 11.5 Å². The number of hydrogen-bond donors (Lipinski definition) is 1. The summed E-state index contributed by atoms with van der Waals surface area (Å²) in [6.45, 7) is 2.19. The third-order valence-corrected chi connectivity index (χ3v) is 6.15. The van der Waals surface area contributed by atoms with Crippen LogP contribution in [0, 0.1) is 5.92 Å². The minimum atomic E-state index is 0.0505. The average molecular weight is 428 g/mol. The quantitative estimate of drug-likeness (QED) is 0.649. The van der Waals surface area contributed by atoms with Crippen molar-refractivity contribution in [3.05, 3.63) is 70.8 Å². The van der Waals surface area contributed by atoms with Crippen molar-refractivity contribution in [3.63, 3.8) is 0 Å². The summed E-state index contributed by atoms with van der Waals surface area (Å²) in [4.78, 5) is 23.4. The highest BCUT2D eigenvalue weighted by Crippen LogP contribution is 2.25. The smallest absolute Gasteiger partial charge is 0.223 e. The lowest BCUT2D eigenvalue weighted by Gasteiger charge is -2.30. The number of rotatable bonds is 6. The Morgan fingerprint density at radius 1 is 1.10 bits per heavy atom. The predicted octanol–water partition coefficient (Wildman–Crippen LogP) is 3.71. The normalized spacial score (nSPS) is 14.7. The second-order valence-corrected chi connectivity index (χ2v) is 8.30. The van der Waals surface area contributed by atoms with Crippen LogP contribution in [0.5, 0.6) is 0 Å². The molecule has 1 saturated heterocycles. The van der Waals surface area contributed by atoms with Crippen LogP contribution in [0.25, 0.3) is 0 Å². The zero-order valence-corrected chi connectivity index (χ0v) is 17.5. The van der Waals surface area contributed by atoms with Gasteiger partial charge in [0.15, 0.2) is 0 Å². The van der Waals surface area contributed by atoms with Crippen LogP contribution in [-0.4, -0.2) is 33.3 Å². The molecule has 1 fully saturated rings. The van der Waals surface area contributed by atoms with E-state index >= 15 is 0 Å². The van der Waals surface area contributed by atoms with Crippen LogP contribution in [0.4, 0.5) is 5.13 Å². The molecule has 2 aromatic heterocycles. The molecule has 1 N–H and O–H groups in total. The Kier molecular flexibility index (Phi) is 6.36. The molecule has 0 atom stereocenters. The Hall–Kier alpha value is -2.51. The van der Waals surface area contributed by atoms with E-state index in [-0.39, 0.29) is 11.8 Å². The molecule has 0 spiro atoms. The van der Waals surface area contributed by atoms with Crippen LogP contribution in [0.3, 0.4) is 0 Å². The first kappa shape index (κ1) is 19.8. The van der Waals surface area contributed by atoms with Gasteiger partial charge >= 0.3 is 0 Å². The van der Waals surface area contributed by atoms with Gasteiger partial charge < -0.3 is 10.2 Å². The summed E-state index contributed by atoms with van der Waals surface area (Å²) in [6.07, 6.45) is 5.83. The second kappa shape index (κ2) is 9.33. The monoisotopic (exact) mass is 427 g/mol. The fraction of sp³-hybridized carbons (Fsp3) is 0.333. The molecule has 8 heteroatoms. The maximum atomic E-state index is 12.5. The number of halogens is 1. The summed E-state index contributed by atoms with van der Waals surface area (Å²) in [5.74, 6) is 1.00. The zero-order valence-electron chi connectivity index (χ0n) is 15.9. The maximum Gasteiger partial charge on any atom is 0.223 e. The van der Waals surface area contributed by atoms with Gasteiger partial charge in [-0.1, -0.05) is 23.7 Å². The maximum absolute atomic E-state index is 12.5. The number of carbonyl (C=O) groups excluding carboxylic acids is 1. The van der Waals surface area contributed by atoms with Crippen LogP contribution in [0.1, 0.15) is 29.8 Å². The van der Waals surface area contributed by atoms with E-state index in [1.54, 1.807) is 12.4 Å². The minimum Gasteiger partial charge on any atom is -0.352 e. The summed E-state index contributed by atoms with van der Waals surface area (Å²) in [5.41, 5.74) is 2.20. The Labute approximate surface area is 179 Å². The number of hydrogen-bond acceptors (Lipinski definition) is 6. The third-order valence-electron chi connectivity index (χ3n) is 5.09. The van der Waals surface area contributed by atoms with E-state index in [2.05, 4.69) is 19.6 Å². The fourth-order valence-electron chi connectivity index (χ4n) is 3.40. The number of nitrogens with one attached hydrogen (secondary N) is 1. The van der Waals surface area contributed by atoms with E-state index in [4.69, 9.17) is 16.6 Å². The molecule has 0 bridgehead atoms.